The number of aromatic nitrogens is 3. The average molecular weight is 758 g/mol. The number of hydrogen-bond donors (Lipinski definition) is 1. The third-order valence-corrected chi connectivity index (χ3v) is 4.69. The Morgan fingerprint density at radius 2 is 1.23 bits per heavy atom. The van der Waals surface area contributed by atoms with Crippen LogP contribution >= 0.6 is 0 Å². The van der Waals surface area contributed by atoms with Crippen LogP contribution in [-0.4, -0.2) is 49.2 Å². The van der Waals surface area contributed by atoms with Crippen LogP contribution in [0.1, 0.15) is 45.4 Å². The molecule has 0 aliphatic heterocycles. The molecule has 0 spiro atoms. The molecule has 3 rings (SSSR count). The van der Waals surface area contributed by atoms with E-state index >= 15 is 0 Å². The zero-order chi connectivity index (χ0) is 29.3. The monoisotopic (exact) mass is 757 g/mol. The van der Waals surface area contributed by atoms with Gasteiger partial charge in [0.2, 0.25) is 0 Å². The van der Waals surface area contributed by atoms with Crippen LogP contribution < -0.4 is 4.74 Å². The van der Waals surface area contributed by atoms with E-state index in [0.29, 0.717) is 5.75 Å². The molecule has 0 bridgehead atoms. The molecule has 0 fully saturated rings. The summed E-state index contributed by atoms with van der Waals surface area (Å²) in [6, 6.07) is 15.6. The van der Waals surface area contributed by atoms with E-state index in [1.807, 2.05) is 48.5 Å². The zero-order valence-corrected chi connectivity index (χ0v) is 25.0. The van der Waals surface area contributed by atoms with Gasteiger partial charge in [-0.05, 0) is 30.7 Å². The van der Waals surface area contributed by atoms with E-state index in [-0.39, 0.29) is 27.7 Å². The largest absolute Gasteiger partial charge is 0.790 e. The van der Waals surface area contributed by atoms with Crippen LogP contribution in [-0.2, 0) is 33.7 Å². The van der Waals surface area contributed by atoms with Gasteiger partial charge >= 0.3 is 0 Å². The van der Waals surface area contributed by atoms with Crippen LogP contribution in [0.2, 0.25) is 0 Å². The Hall–Kier alpha value is -3.35. The van der Waals surface area contributed by atoms with E-state index in [9.17, 15) is 0 Å². The van der Waals surface area contributed by atoms with Crippen LogP contribution in [0.5, 0.6) is 5.75 Å². The quantitative estimate of drug-likeness (QED) is 0.119. The van der Waals surface area contributed by atoms with Gasteiger partial charge in [-0.2, -0.15) is 5.75 Å². The molecule has 1 N–H and O–H groups in total. The molecule has 3 heterocycles. The van der Waals surface area contributed by atoms with Gasteiger partial charge in [0.05, 0.1) is 39.6 Å². The number of unbranched alkanes of at least 4 members (excludes halogenated alkanes) is 5. The zero-order valence-electron chi connectivity index (χ0n) is 21.9. The van der Waals surface area contributed by atoms with Crippen molar-refractivity contribution in [1.29, 1.82) is 0 Å². The molecular formula is C25H32N5O8PtS-3. The molecule has 13 nitrogen and oxygen atoms in total. The normalized spacial score (nSPS) is 9.18. The number of nitrogens with zero attached hydrogens (tertiary/aromatic N) is 5. The molecule has 0 unspecified atom stereocenters. The Bertz CT molecular complexity index is 976. The minimum Gasteiger partial charge on any atom is -0.790 e. The third kappa shape index (κ3) is 21.6. The van der Waals surface area contributed by atoms with E-state index in [0.717, 1.165) is 41.6 Å². The number of rotatable bonds is 11. The van der Waals surface area contributed by atoms with Crippen molar-refractivity contribution in [1.82, 2.24) is 15.0 Å². The number of aliphatic hydroxyl groups excluding tert-OH is 1. The third-order valence-electron chi connectivity index (χ3n) is 4.51. The fourth-order valence-electron chi connectivity index (χ4n) is 2.95. The fraction of sp³-hybridized carbons (Fsp3) is 0.400. The van der Waals surface area contributed by atoms with Gasteiger partial charge in [-0.25, -0.2) is 4.98 Å². The summed E-state index contributed by atoms with van der Waals surface area (Å²) in [5.74, 6) is 1.28. The second kappa shape index (κ2) is 25.9. The molecule has 0 aromatic carbocycles. The maximum Gasteiger partial charge on any atom is 0.123 e. The van der Waals surface area contributed by atoms with Gasteiger partial charge in [-0.3, -0.25) is 9.97 Å². The van der Waals surface area contributed by atoms with Crippen LogP contribution in [0, 0.1) is 30.6 Å². The minimum atomic E-state index is -1.75. The summed E-state index contributed by atoms with van der Waals surface area (Å²) in [6.07, 6.45) is 11.1. The summed E-state index contributed by atoms with van der Waals surface area (Å²) in [6.45, 7) is 3.10. The molecule has 3 aromatic heterocycles. The van der Waals surface area contributed by atoms with Crippen molar-refractivity contribution < 1.29 is 41.1 Å². The van der Waals surface area contributed by atoms with Crippen molar-refractivity contribution >= 4 is 12.6 Å². The van der Waals surface area contributed by atoms with E-state index in [1.165, 1.54) is 32.1 Å². The first-order valence-corrected chi connectivity index (χ1v) is 12.6. The predicted molar refractivity (Wildman–Crippen MR) is 150 cm³/mol. The average Bonchev–Trinajstić information content (AvgIpc) is 2.93. The summed E-state index contributed by atoms with van der Waals surface area (Å²) in [7, 11) is 0. The van der Waals surface area contributed by atoms with Crippen LogP contribution in [0.15, 0.2) is 60.9 Å². The number of pyridine rings is 3. The summed E-state index contributed by atoms with van der Waals surface area (Å²) in [4.78, 5) is 30.1. The second-order valence-corrected chi connectivity index (χ2v) is 7.90. The summed E-state index contributed by atoms with van der Waals surface area (Å²) in [5, 5.41) is 37.3. The maximum atomic E-state index is 8.25. The molecular weight excluding hydrogens is 725 g/mol. The van der Waals surface area contributed by atoms with Crippen molar-refractivity contribution in [3.05, 3.63) is 91.6 Å². The van der Waals surface area contributed by atoms with Gasteiger partial charge < -0.3 is 53.1 Å². The van der Waals surface area contributed by atoms with Crippen molar-refractivity contribution in [2.45, 2.75) is 45.4 Å². The van der Waals surface area contributed by atoms with Gasteiger partial charge in [-0.15, -0.1) is 0 Å². The molecule has 3 aromatic rings. The van der Waals surface area contributed by atoms with Gasteiger partial charge in [-0.1, -0.05) is 51.2 Å². The van der Waals surface area contributed by atoms with Crippen LogP contribution in [0.4, 0.5) is 0 Å². The standard InChI is InChI=1S/C23H27N3O.C2H6OS.2NO3.Pt/c1-2-3-4-5-6-11-16-27-19-17-22(20-12-7-9-14-24-20)26-23(18-19)21-13-8-10-15-25-21;3-1-2-4;2*2-1(3)4;/h7-10,12-15,17-18H,2-6,11,16H2,1H3;3-4H,1-2H2;;;/q;;2*-1;/p-1. The van der Waals surface area contributed by atoms with Crippen molar-refractivity contribution in [2.24, 2.45) is 0 Å². The first kappa shape index (κ1) is 38.8. The van der Waals surface area contributed by atoms with Crippen molar-refractivity contribution in [2.75, 3.05) is 19.0 Å². The molecule has 0 aliphatic carbocycles. The molecule has 0 saturated carbocycles. The SMILES string of the molecule is CCCCCCCCOc1cc(-c2ccccn2)nc(-c2ccccn2)c1.O=[N+]([O-])[O-].O=[N+]([O-])[O-].OCC[S-].[Pt]. The Balaban J connectivity index is 0. The molecule has 15 heteroatoms. The number of ether oxygens (including phenoxy) is 1. The Morgan fingerprint density at radius 1 is 0.800 bits per heavy atom. The smallest absolute Gasteiger partial charge is 0.123 e. The van der Waals surface area contributed by atoms with Gasteiger partial charge in [0.15, 0.2) is 0 Å². The minimum absolute atomic E-state index is 0. The van der Waals surface area contributed by atoms with Crippen molar-refractivity contribution in [3.8, 4) is 28.5 Å². The van der Waals surface area contributed by atoms with Crippen LogP contribution in [0.3, 0.4) is 0 Å². The molecule has 0 aliphatic rings. The topological polar surface area (TPSA) is 201 Å². The van der Waals surface area contributed by atoms with E-state index in [2.05, 4.69) is 29.5 Å². The molecule has 0 saturated heterocycles. The first-order chi connectivity index (χ1) is 18.7. The molecule has 0 amide bonds. The first-order valence-electron chi connectivity index (χ1n) is 12.0. The fourth-order valence-corrected chi connectivity index (χ4v) is 2.95. The molecule has 40 heavy (non-hydrogen) atoms. The van der Waals surface area contributed by atoms with Crippen LogP contribution in [0.25, 0.3) is 22.8 Å². The van der Waals surface area contributed by atoms with E-state index in [4.69, 9.17) is 45.5 Å². The van der Waals surface area contributed by atoms with Gasteiger partial charge in [0, 0.05) is 52.2 Å². The van der Waals surface area contributed by atoms with Gasteiger partial charge in [0.25, 0.3) is 0 Å². The number of aliphatic hydroxyl groups is 1. The summed E-state index contributed by atoms with van der Waals surface area (Å²) < 4.78 is 6.04. The maximum absolute atomic E-state index is 8.25. The molecule has 0 atom stereocenters. The number of hydrogen-bond acceptors (Lipinski definition) is 12. The van der Waals surface area contributed by atoms with E-state index < -0.39 is 10.2 Å². The summed E-state index contributed by atoms with van der Waals surface area (Å²) in [5.41, 5.74) is 3.27. The second-order valence-electron chi connectivity index (χ2n) is 7.49. The molecule has 224 valence electrons. The summed E-state index contributed by atoms with van der Waals surface area (Å²) >= 11 is 4.30. The van der Waals surface area contributed by atoms with E-state index in [1.54, 1.807) is 12.4 Å². The predicted octanol–water partition coefficient (Wildman–Crippen LogP) is 4.99. The van der Waals surface area contributed by atoms with Gasteiger partial charge in [0.1, 0.15) is 5.75 Å². The Labute approximate surface area is 252 Å². The van der Waals surface area contributed by atoms with Crippen molar-refractivity contribution in [3.63, 3.8) is 0 Å². The Kier molecular flexibility index (Phi) is 25.1. The molecule has 0 radical (unpaired) electrons. The Morgan fingerprint density at radius 3 is 1.60 bits per heavy atom.